The smallest absolute Gasteiger partial charge is 0.271 e. The van der Waals surface area contributed by atoms with Crippen LogP contribution in [0.3, 0.4) is 0 Å². The fraction of sp³-hybridized carbons (Fsp3) is 0.333. The summed E-state index contributed by atoms with van der Waals surface area (Å²) in [5.74, 6) is 0.637. The Morgan fingerprint density at radius 3 is 2.41 bits per heavy atom. The van der Waals surface area contributed by atoms with Crippen molar-refractivity contribution in [3.63, 3.8) is 0 Å². The molecule has 1 aliphatic rings. The van der Waals surface area contributed by atoms with E-state index in [9.17, 15) is 9.59 Å². The first-order valence-corrected chi connectivity index (χ1v) is 10.9. The highest BCUT2D eigenvalue weighted by molar-refractivity contribution is 5.96. The van der Waals surface area contributed by atoms with Gasteiger partial charge >= 0.3 is 0 Å². The highest BCUT2D eigenvalue weighted by Gasteiger charge is 2.30. The van der Waals surface area contributed by atoms with Crippen LogP contribution in [0.25, 0.3) is 11.3 Å². The van der Waals surface area contributed by atoms with Crippen molar-refractivity contribution >= 4 is 17.5 Å². The standard InChI is InChI=1S/C24H27N5O5/c1-32-20-11-17(12-21(33-2)22(20)34-3)26-23(30)16-5-4-10-29(14-16)24(31)19-13-18(27-28-19)15-6-8-25-9-7-15/h6-9,11-13,16H,4-5,10,14H2,1-3H3,(H,26,30)(H,27,28). The minimum Gasteiger partial charge on any atom is -0.493 e. The Labute approximate surface area is 197 Å². The van der Waals surface area contributed by atoms with Gasteiger partial charge in [-0.05, 0) is 31.0 Å². The van der Waals surface area contributed by atoms with E-state index in [2.05, 4.69) is 20.5 Å². The van der Waals surface area contributed by atoms with E-state index in [0.29, 0.717) is 53.8 Å². The molecule has 2 amide bonds. The van der Waals surface area contributed by atoms with Crippen molar-refractivity contribution in [2.75, 3.05) is 39.7 Å². The van der Waals surface area contributed by atoms with Crippen molar-refractivity contribution in [2.45, 2.75) is 12.8 Å². The second-order valence-electron chi connectivity index (χ2n) is 7.90. The molecule has 0 radical (unpaired) electrons. The van der Waals surface area contributed by atoms with Crippen LogP contribution in [-0.2, 0) is 4.79 Å². The molecule has 34 heavy (non-hydrogen) atoms. The third kappa shape index (κ3) is 4.80. The van der Waals surface area contributed by atoms with Crippen molar-refractivity contribution in [1.29, 1.82) is 0 Å². The van der Waals surface area contributed by atoms with E-state index in [0.717, 1.165) is 12.0 Å². The van der Waals surface area contributed by atoms with E-state index >= 15 is 0 Å². The van der Waals surface area contributed by atoms with Crippen molar-refractivity contribution in [1.82, 2.24) is 20.1 Å². The summed E-state index contributed by atoms with van der Waals surface area (Å²) in [5, 5.41) is 9.98. The van der Waals surface area contributed by atoms with E-state index in [4.69, 9.17) is 14.2 Å². The molecule has 1 atom stereocenters. The summed E-state index contributed by atoms with van der Waals surface area (Å²) in [6.45, 7) is 0.898. The molecule has 0 spiro atoms. The van der Waals surface area contributed by atoms with Gasteiger partial charge < -0.3 is 24.4 Å². The van der Waals surface area contributed by atoms with Crippen LogP contribution in [0.2, 0.25) is 0 Å². The van der Waals surface area contributed by atoms with Gasteiger partial charge in [-0.1, -0.05) is 0 Å². The average molecular weight is 466 g/mol. The fourth-order valence-corrected chi connectivity index (χ4v) is 4.05. The van der Waals surface area contributed by atoms with Gasteiger partial charge in [0.05, 0.1) is 32.9 Å². The summed E-state index contributed by atoms with van der Waals surface area (Å²) in [6.07, 6.45) is 4.76. The lowest BCUT2D eigenvalue weighted by molar-refractivity contribution is -0.121. The molecule has 10 nitrogen and oxygen atoms in total. The number of likely N-dealkylation sites (tertiary alicyclic amines) is 1. The van der Waals surface area contributed by atoms with Gasteiger partial charge in [0.2, 0.25) is 11.7 Å². The monoisotopic (exact) mass is 465 g/mol. The number of hydrogen-bond acceptors (Lipinski definition) is 7. The lowest BCUT2D eigenvalue weighted by atomic mass is 9.96. The van der Waals surface area contributed by atoms with Gasteiger partial charge in [0.15, 0.2) is 11.5 Å². The fourth-order valence-electron chi connectivity index (χ4n) is 4.05. The second kappa shape index (κ2) is 10.2. The zero-order chi connectivity index (χ0) is 24.1. The Morgan fingerprint density at radius 1 is 1.06 bits per heavy atom. The number of nitrogens with one attached hydrogen (secondary N) is 2. The number of carbonyl (C=O) groups is 2. The van der Waals surface area contributed by atoms with E-state index in [1.54, 1.807) is 35.5 Å². The molecule has 0 bridgehead atoms. The van der Waals surface area contributed by atoms with Crippen LogP contribution >= 0.6 is 0 Å². The third-order valence-corrected chi connectivity index (χ3v) is 5.80. The Bertz CT molecular complexity index is 1140. The van der Waals surface area contributed by atoms with Crippen LogP contribution in [0, 0.1) is 5.92 Å². The molecule has 1 aliphatic heterocycles. The van der Waals surface area contributed by atoms with Crippen LogP contribution in [-0.4, -0.2) is 66.3 Å². The number of methoxy groups -OCH3 is 3. The van der Waals surface area contributed by atoms with Gasteiger partial charge in [0.25, 0.3) is 5.91 Å². The van der Waals surface area contributed by atoms with Gasteiger partial charge in [0.1, 0.15) is 5.69 Å². The number of ether oxygens (including phenoxy) is 3. The van der Waals surface area contributed by atoms with Gasteiger partial charge in [-0.25, -0.2) is 0 Å². The minimum atomic E-state index is -0.348. The highest BCUT2D eigenvalue weighted by Crippen LogP contribution is 2.40. The quantitative estimate of drug-likeness (QED) is 0.551. The van der Waals surface area contributed by atoms with E-state index in [1.165, 1.54) is 21.3 Å². The molecular formula is C24H27N5O5. The van der Waals surface area contributed by atoms with Gasteiger partial charge in [-0.2, -0.15) is 5.10 Å². The molecule has 10 heteroatoms. The number of hydrogen-bond donors (Lipinski definition) is 2. The number of rotatable bonds is 7. The molecule has 0 aliphatic carbocycles. The summed E-state index contributed by atoms with van der Waals surface area (Å²) in [7, 11) is 4.55. The number of pyridine rings is 1. The maximum Gasteiger partial charge on any atom is 0.271 e. The van der Waals surface area contributed by atoms with Crippen LogP contribution in [0.15, 0.2) is 42.7 Å². The first-order valence-electron chi connectivity index (χ1n) is 10.9. The number of carbonyl (C=O) groups excluding carboxylic acids is 2. The molecule has 1 saturated heterocycles. The average Bonchev–Trinajstić information content (AvgIpc) is 3.38. The maximum absolute atomic E-state index is 13.1. The molecule has 3 aromatic rings. The van der Waals surface area contributed by atoms with Crippen LogP contribution in [0.1, 0.15) is 23.3 Å². The molecule has 1 fully saturated rings. The number of aromatic nitrogens is 3. The molecule has 0 saturated carbocycles. The number of nitrogens with zero attached hydrogens (tertiary/aromatic N) is 3. The Morgan fingerprint density at radius 2 is 1.76 bits per heavy atom. The maximum atomic E-state index is 13.1. The van der Waals surface area contributed by atoms with Crippen molar-refractivity contribution < 1.29 is 23.8 Å². The summed E-state index contributed by atoms with van der Waals surface area (Å²) >= 11 is 0. The van der Waals surface area contributed by atoms with E-state index < -0.39 is 0 Å². The largest absolute Gasteiger partial charge is 0.493 e. The van der Waals surface area contributed by atoms with E-state index in [1.807, 2.05) is 12.1 Å². The third-order valence-electron chi connectivity index (χ3n) is 5.80. The summed E-state index contributed by atoms with van der Waals surface area (Å²) in [6, 6.07) is 8.73. The first kappa shape index (κ1) is 23.1. The first-order chi connectivity index (χ1) is 16.5. The van der Waals surface area contributed by atoms with Crippen LogP contribution in [0.5, 0.6) is 17.2 Å². The molecule has 1 aromatic carbocycles. The number of H-pyrrole nitrogens is 1. The molecule has 4 rings (SSSR count). The zero-order valence-electron chi connectivity index (χ0n) is 19.3. The van der Waals surface area contributed by atoms with Gasteiger partial charge in [0, 0.05) is 48.9 Å². The molecule has 2 aromatic heterocycles. The molecule has 2 N–H and O–H groups in total. The Balaban J connectivity index is 1.44. The number of anilines is 1. The van der Waals surface area contributed by atoms with Gasteiger partial charge in [-0.3, -0.25) is 19.7 Å². The van der Waals surface area contributed by atoms with Crippen LogP contribution in [0.4, 0.5) is 5.69 Å². The summed E-state index contributed by atoms with van der Waals surface area (Å²) in [4.78, 5) is 31.8. The minimum absolute atomic E-state index is 0.172. The highest BCUT2D eigenvalue weighted by atomic mass is 16.5. The lowest BCUT2D eigenvalue weighted by Gasteiger charge is -2.31. The summed E-state index contributed by atoms with van der Waals surface area (Å²) < 4.78 is 16.0. The second-order valence-corrected chi connectivity index (χ2v) is 7.90. The topological polar surface area (TPSA) is 119 Å². The number of piperidine rings is 1. The predicted octanol–water partition coefficient (Wildman–Crippen LogP) is 2.99. The Kier molecular flexibility index (Phi) is 6.95. The van der Waals surface area contributed by atoms with E-state index in [-0.39, 0.29) is 17.7 Å². The predicted molar refractivity (Wildman–Crippen MR) is 125 cm³/mol. The number of benzene rings is 1. The normalized spacial score (nSPS) is 15.5. The molecular weight excluding hydrogens is 438 g/mol. The molecule has 178 valence electrons. The molecule has 3 heterocycles. The zero-order valence-corrected chi connectivity index (χ0v) is 19.3. The van der Waals surface area contributed by atoms with Crippen molar-refractivity contribution in [2.24, 2.45) is 5.92 Å². The number of amides is 2. The lowest BCUT2D eigenvalue weighted by Crippen LogP contribution is -2.43. The van der Waals surface area contributed by atoms with Crippen molar-refractivity contribution in [3.8, 4) is 28.5 Å². The molecule has 1 unspecified atom stereocenters. The van der Waals surface area contributed by atoms with Crippen LogP contribution < -0.4 is 19.5 Å². The number of aromatic amines is 1. The Hall–Kier alpha value is -4.08. The van der Waals surface area contributed by atoms with Gasteiger partial charge in [-0.15, -0.1) is 0 Å². The SMILES string of the molecule is COc1cc(NC(=O)C2CCCN(C(=O)c3cc(-c4ccncc4)n[nH]3)C2)cc(OC)c1OC. The summed E-state index contributed by atoms with van der Waals surface area (Å²) in [5.41, 5.74) is 2.45. The van der Waals surface area contributed by atoms with Crippen molar-refractivity contribution in [3.05, 3.63) is 48.4 Å².